The first-order valence-electron chi connectivity index (χ1n) is 13.1. The van der Waals surface area contributed by atoms with Crippen LogP contribution in [0.5, 0.6) is 5.75 Å². The molecule has 0 radical (unpaired) electrons. The first kappa shape index (κ1) is 31.0. The number of rotatable bonds is 14. The molecular weight excluding hydrogens is 550 g/mol. The summed E-state index contributed by atoms with van der Waals surface area (Å²) in [5, 5.41) is 3.40. The molecule has 1 atom stereocenters. The fourth-order valence-electron chi connectivity index (χ4n) is 4.43. The third-order valence-corrected chi connectivity index (χ3v) is 7.81. The molecule has 3 aromatic carbocycles. The normalized spacial score (nSPS) is 11.9. The Morgan fingerprint density at radius 3 is 2.25 bits per heavy atom. The summed E-state index contributed by atoms with van der Waals surface area (Å²) in [6.07, 6.45) is 1.78. The van der Waals surface area contributed by atoms with Crippen LogP contribution in [0.15, 0.2) is 78.9 Å². The van der Waals surface area contributed by atoms with E-state index in [1.165, 1.54) is 11.4 Å². The molecule has 8 nitrogen and oxygen atoms in total. The predicted octanol–water partition coefficient (Wildman–Crippen LogP) is 4.67. The molecule has 3 rings (SSSR count). The van der Waals surface area contributed by atoms with Gasteiger partial charge in [0, 0.05) is 37.5 Å². The summed E-state index contributed by atoms with van der Waals surface area (Å²) >= 11 is 6.21. The number of ether oxygens (including phenoxy) is 1. The summed E-state index contributed by atoms with van der Waals surface area (Å²) in [6, 6.07) is 22.7. The Morgan fingerprint density at radius 1 is 0.975 bits per heavy atom. The van der Waals surface area contributed by atoms with Crippen molar-refractivity contribution in [1.29, 1.82) is 0 Å². The molecule has 0 aromatic heterocycles. The molecule has 0 aliphatic carbocycles. The number of nitrogens with zero attached hydrogens (tertiary/aromatic N) is 2. The Kier molecular flexibility index (Phi) is 11.4. The zero-order chi connectivity index (χ0) is 29.1. The van der Waals surface area contributed by atoms with Crippen molar-refractivity contribution in [2.24, 2.45) is 0 Å². The Labute approximate surface area is 241 Å². The summed E-state index contributed by atoms with van der Waals surface area (Å²) in [4.78, 5) is 28.6. The zero-order valence-corrected chi connectivity index (χ0v) is 24.6. The highest BCUT2D eigenvalue weighted by atomic mass is 35.5. The second kappa shape index (κ2) is 14.7. The Balaban J connectivity index is 1.85. The minimum atomic E-state index is -3.60. The van der Waals surface area contributed by atoms with Gasteiger partial charge in [-0.25, -0.2) is 8.42 Å². The summed E-state index contributed by atoms with van der Waals surface area (Å²) in [5.74, 6) is 0.104. The third-order valence-electron chi connectivity index (χ3n) is 6.38. The van der Waals surface area contributed by atoms with Gasteiger partial charge in [-0.3, -0.25) is 13.9 Å². The Morgan fingerprint density at radius 2 is 1.65 bits per heavy atom. The number of nitrogens with one attached hydrogen (secondary N) is 1. The van der Waals surface area contributed by atoms with Crippen LogP contribution in [-0.2, 0) is 32.6 Å². The van der Waals surface area contributed by atoms with Gasteiger partial charge in [-0.2, -0.15) is 0 Å². The molecular formula is C30H36ClN3O5S. The van der Waals surface area contributed by atoms with Gasteiger partial charge in [0.25, 0.3) is 0 Å². The number of likely N-dealkylation sites (N-methyl/N-ethyl adjacent to an activating group) is 1. The molecule has 0 saturated carbocycles. The van der Waals surface area contributed by atoms with E-state index in [1.807, 2.05) is 43.3 Å². The number of hydrogen-bond donors (Lipinski definition) is 1. The van der Waals surface area contributed by atoms with E-state index in [4.69, 9.17) is 16.3 Å². The van der Waals surface area contributed by atoms with E-state index in [0.29, 0.717) is 29.4 Å². The van der Waals surface area contributed by atoms with E-state index >= 15 is 0 Å². The molecule has 10 heteroatoms. The molecule has 0 spiro atoms. The maximum atomic E-state index is 13.8. The first-order valence-corrected chi connectivity index (χ1v) is 15.3. The van der Waals surface area contributed by atoms with Crippen LogP contribution in [-0.4, -0.2) is 57.6 Å². The van der Waals surface area contributed by atoms with Gasteiger partial charge in [-0.1, -0.05) is 54.1 Å². The van der Waals surface area contributed by atoms with Crippen molar-refractivity contribution in [2.45, 2.75) is 38.8 Å². The number of hydrogen-bond acceptors (Lipinski definition) is 5. The number of amides is 2. The van der Waals surface area contributed by atoms with Crippen molar-refractivity contribution < 1.29 is 22.7 Å². The summed E-state index contributed by atoms with van der Waals surface area (Å²) < 4.78 is 31.6. The Bertz CT molecular complexity index is 1370. The molecule has 0 bridgehead atoms. The lowest BCUT2D eigenvalue weighted by Crippen LogP contribution is -2.50. The molecule has 2 amide bonds. The van der Waals surface area contributed by atoms with Gasteiger partial charge >= 0.3 is 0 Å². The highest BCUT2D eigenvalue weighted by Crippen LogP contribution is 2.23. The van der Waals surface area contributed by atoms with Gasteiger partial charge in [0.15, 0.2) is 0 Å². The average Bonchev–Trinajstić information content (AvgIpc) is 2.93. The zero-order valence-electron chi connectivity index (χ0n) is 23.0. The second-order valence-electron chi connectivity index (χ2n) is 9.39. The number of anilines is 1. The molecule has 214 valence electrons. The number of benzene rings is 3. The second-order valence-corrected chi connectivity index (χ2v) is 11.7. The fraction of sp³-hybridized carbons (Fsp3) is 0.333. The van der Waals surface area contributed by atoms with E-state index in [2.05, 4.69) is 5.32 Å². The van der Waals surface area contributed by atoms with Crippen LogP contribution < -0.4 is 14.4 Å². The van der Waals surface area contributed by atoms with Crippen molar-refractivity contribution in [3.63, 3.8) is 0 Å². The molecule has 1 N–H and O–H groups in total. The van der Waals surface area contributed by atoms with Gasteiger partial charge in [-0.05, 0) is 60.9 Å². The molecule has 0 fully saturated rings. The minimum Gasteiger partial charge on any atom is -0.497 e. The maximum absolute atomic E-state index is 13.8. The summed E-state index contributed by atoms with van der Waals surface area (Å²) in [7, 11) is -2.06. The molecule has 0 heterocycles. The van der Waals surface area contributed by atoms with Crippen molar-refractivity contribution >= 4 is 39.1 Å². The van der Waals surface area contributed by atoms with Gasteiger partial charge in [0.1, 0.15) is 11.8 Å². The van der Waals surface area contributed by atoms with Crippen molar-refractivity contribution in [1.82, 2.24) is 10.2 Å². The molecule has 40 heavy (non-hydrogen) atoms. The molecule has 0 aliphatic heterocycles. The number of sulfonamides is 1. The fourth-order valence-corrected chi connectivity index (χ4v) is 5.61. The SMILES string of the molecule is CCNC(=O)C(Cc1ccccc1)N(Cc1cccc(Cl)c1)C(=O)CCCN(c1ccc(OC)cc1)S(C)(=O)=O. The molecule has 0 aliphatic rings. The highest BCUT2D eigenvalue weighted by Gasteiger charge is 2.30. The van der Waals surface area contributed by atoms with Crippen molar-refractivity contribution in [3.8, 4) is 5.75 Å². The van der Waals surface area contributed by atoms with Crippen LogP contribution in [0.1, 0.15) is 30.9 Å². The van der Waals surface area contributed by atoms with Crippen LogP contribution in [0.25, 0.3) is 0 Å². The largest absolute Gasteiger partial charge is 0.497 e. The number of methoxy groups -OCH3 is 1. The van der Waals surface area contributed by atoms with Crippen LogP contribution >= 0.6 is 11.6 Å². The highest BCUT2D eigenvalue weighted by molar-refractivity contribution is 7.92. The van der Waals surface area contributed by atoms with Crippen molar-refractivity contribution in [2.75, 3.05) is 30.8 Å². The molecule has 0 saturated heterocycles. The lowest BCUT2D eigenvalue weighted by atomic mass is 10.0. The Hall–Kier alpha value is -3.56. The number of halogens is 1. The van der Waals surface area contributed by atoms with Crippen LogP contribution in [0.4, 0.5) is 5.69 Å². The van der Waals surface area contributed by atoms with E-state index < -0.39 is 16.1 Å². The van der Waals surface area contributed by atoms with Crippen LogP contribution in [0.2, 0.25) is 5.02 Å². The molecule has 3 aromatic rings. The van der Waals surface area contributed by atoms with E-state index in [1.54, 1.807) is 47.4 Å². The monoisotopic (exact) mass is 585 g/mol. The standard InChI is InChI=1S/C30H36ClN3O5S/c1-4-32-30(36)28(21-23-10-6-5-7-11-23)33(22-24-12-8-13-25(31)20-24)29(35)14-9-19-34(40(3,37)38)26-15-17-27(39-2)18-16-26/h5-8,10-13,15-18,20,28H,4,9,14,19,21-22H2,1-3H3,(H,32,36). The van der Waals surface area contributed by atoms with Crippen LogP contribution in [0, 0.1) is 0 Å². The van der Waals surface area contributed by atoms with E-state index in [-0.39, 0.29) is 37.7 Å². The van der Waals surface area contributed by atoms with Gasteiger partial charge < -0.3 is 15.0 Å². The predicted molar refractivity (Wildman–Crippen MR) is 159 cm³/mol. The lowest BCUT2D eigenvalue weighted by molar-refractivity contribution is -0.141. The van der Waals surface area contributed by atoms with Crippen LogP contribution in [0.3, 0.4) is 0 Å². The maximum Gasteiger partial charge on any atom is 0.243 e. The summed E-state index contributed by atoms with van der Waals surface area (Å²) in [5.41, 5.74) is 2.19. The van der Waals surface area contributed by atoms with E-state index in [9.17, 15) is 18.0 Å². The van der Waals surface area contributed by atoms with Gasteiger partial charge in [0.05, 0.1) is 19.1 Å². The minimum absolute atomic E-state index is 0.0490. The number of carbonyl (C=O) groups is 2. The van der Waals surface area contributed by atoms with Crippen molar-refractivity contribution in [3.05, 3.63) is 95.0 Å². The summed E-state index contributed by atoms with van der Waals surface area (Å²) in [6.45, 7) is 2.54. The third kappa shape index (κ3) is 8.99. The molecule has 1 unspecified atom stereocenters. The topological polar surface area (TPSA) is 96.0 Å². The van der Waals surface area contributed by atoms with Gasteiger partial charge in [0.2, 0.25) is 21.8 Å². The first-order chi connectivity index (χ1) is 19.1. The van der Waals surface area contributed by atoms with E-state index in [0.717, 1.165) is 17.4 Å². The quantitative estimate of drug-likeness (QED) is 0.297. The lowest BCUT2D eigenvalue weighted by Gasteiger charge is -2.32. The smallest absolute Gasteiger partial charge is 0.243 e. The average molecular weight is 586 g/mol. The van der Waals surface area contributed by atoms with Gasteiger partial charge in [-0.15, -0.1) is 0 Å². The number of carbonyl (C=O) groups excluding carboxylic acids is 2.